The molecule has 1 unspecified atom stereocenters. The second kappa shape index (κ2) is 15.0. The monoisotopic (exact) mass is 883 g/mol. The minimum Gasteiger partial charge on any atom is -0.507 e. The zero-order valence-electron chi connectivity index (χ0n) is 31.4. The maximum Gasteiger partial charge on any atom is 0.148 e. The molecule has 5 heteroatoms. The molecular weight excluding hydrogens is 842 g/mol. The van der Waals surface area contributed by atoms with E-state index in [1.54, 1.807) is 0 Å². The quantitative estimate of drug-likeness (QED) is 0.162. The normalized spacial score (nSPS) is 11.7. The maximum atomic E-state index is 11.5. The van der Waals surface area contributed by atoms with E-state index in [9.17, 15) is 5.11 Å². The first-order valence-electron chi connectivity index (χ1n) is 18.2. The van der Waals surface area contributed by atoms with E-state index in [2.05, 4.69) is 154 Å². The molecule has 6 aromatic carbocycles. The number of rotatable bonds is 7. The molecule has 0 saturated carbocycles. The van der Waals surface area contributed by atoms with Gasteiger partial charge in [0, 0.05) is 44.6 Å². The fraction of sp³-hybridized carbons (Fsp3) is 0.143. The zero-order chi connectivity index (χ0) is 36.8. The number of nitrogens with zero attached hydrogens (tertiary/aromatic N) is 3. The van der Waals surface area contributed by atoms with Crippen molar-refractivity contribution in [3.05, 3.63) is 179 Å². The van der Waals surface area contributed by atoms with Crippen molar-refractivity contribution in [2.24, 2.45) is 0 Å². The van der Waals surface area contributed by atoms with E-state index < -0.39 is 0 Å². The van der Waals surface area contributed by atoms with E-state index in [0.717, 1.165) is 72.5 Å². The van der Waals surface area contributed by atoms with E-state index in [0.29, 0.717) is 11.4 Å². The molecule has 2 aromatic heterocycles. The van der Waals surface area contributed by atoms with Gasteiger partial charge in [-0.3, -0.25) is 9.55 Å². The number of hydrogen-bond acceptors (Lipinski definition) is 3. The molecule has 0 amide bonds. The molecule has 0 aliphatic carbocycles. The van der Waals surface area contributed by atoms with Crippen molar-refractivity contribution in [3.63, 3.8) is 0 Å². The Morgan fingerprint density at radius 1 is 0.611 bits per heavy atom. The molecule has 0 aliphatic heterocycles. The van der Waals surface area contributed by atoms with Crippen LogP contribution in [-0.2, 0) is 21.1 Å². The number of hydrogen-bond donors (Lipinski definition) is 1. The van der Waals surface area contributed by atoms with E-state index in [1.807, 2.05) is 31.3 Å². The van der Waals surface area contributed by atoms with Gasteiger partial charge in [-0.15, -0.1) is 28.8 Å². The molecule has 4 nitrogen and oxygen atoms in total. The molecule has 1 atom stereocenters. The molecule has 0 aliphatic rings. The molecule has 0 spiro atoms. The van der Waals surface area contributed by atoms with Crippen molar-refractivity contribution < 1.29 is 26.2 Å². The molecule has 8 aromatic rings. The Bertz CT molecular complexity index is 2640. The van der Waals surface area contributed by atoms with Crippen molar-refractivity contribution in [3.8, 4) is 56.3 Å². The Balaban J connectivity index is 0.00000450. The van der Waals surface area contributed by atoms with Gasteiger partial charge >= 0.3 is 0 Å². The van der Waals surface area contributed by atoms with Crippen LogP contribution in [0, 0.1) is 40.7 Å². The fourth-order valence-electron chi connectivity index (χ4n) is 7.67. The van der Waals surface area contributed by atoms with Gasteiger partial charge in [0.15, 0.2) is 0 Å². The van der Waals surface area contributed by atoms with Crippen molar-refractivity contribution in [1.29, 1.82) is 0 Å². The smallest absolute Gasteiger partial charge is 0.148 e. The summed E-state index contributed by atoms with van der Waals surface area (Å²) in [7, 11) is 0. The van der Waals surface area contributed by atoms with Crippen LogP contribution in [0.25, 0.3) is 61.6 Å². The molecule has 0 saturated heterocycles. The summed E-state index contributed by atoms with van der Waals surface area (Å²) in [5.41, 5.74) is 17.3. The van der Waals surface area contributed by atoms with Crippen LogP contribution in [0.1, 0.15) is 51.8 Å². The van der Waals surface area contributed by atoms with Gasteiger partial charge in [0.2, 0.25) is 0 Å². The van der Waals surface area contributed by atoms with Gasteiger partial charge in [-0.1, -0.05) is 129 Å². The Morgan fingerprint density at radius 2 is 1.30 bits per heavy atom. The zero-order valence-corrected chi connectivity index (χ0v) is 33.7. The first-order chi connectivity index (χ1) is 25.7. The first kappa shape index (κ1) is 36.8. The van der Waals surface area contributed by atoms with Crippen LogP contribution in [-0.4, -0.2) is 19.6 Å². The molecule has 1 N–H and O–H groups in total. The van der Waals surface area contributed by atoms with E-state index in [1.165, 1.54) is 16.7 Å². The SMILES string of the molecule is Cc1cc(C)c(O)c(-c2nc3c(-c4[c-]c(-c5cc(-c6ccccc6)c(C)cn5)c(C)cc4C)cccc3n2-c2cccc(C(C)c3ccccc3)c2)c1.[Pt]. The molecule has 54 heavy (non-hydrogen) atoms. The molecule has 0 bridgehead atoms. The van der Waals surface area contributed by atoms with E-state index in [-0.39, 0.29) is 32.7 Å². The van der Waals surface area contributed by atoms with Crippen LogP contribution in [0.3, 0.4) is 0 Å². The van der Waals surface area contributed by atoms with Gasteiger partial charge in [-0.05, 0) is 84.0 Å². The van der Waals surface area contributed by atoms with Crippen molar-refractivity contribution in [2.45, 2.75) is 47.5 Å². The van der Waals surface area contributed by atoms with Crippen LogP contribution >= 0.6 is 0 Å². The average molecular weight is 884 g/mol. The van der Waals surface area contributed by atoms with Crippen LogP contribution in [0.15, 0.2) is 134 Å². The number of aryl methyl sites for hydroxylation is 5. The van der Waals surface area contributed by atoms with Crippen LogP contribution in [0.5, 0.6) is 5.75 Å². The van der Waals surface area contributed by atoms with Gasteiger partial charge in [0.1, 0.15) is 11.6 Å². The van der Waals surface area contributed by atoms with E-state index in [4.69, 9.17) is 9.97 Å². The minimum atomic E-state index is 0. The number of aromatic hydroxyl groups is 1. The van der Waals surface area contributed by atoms with Gasteiger partial charge < -0.3 is 5.11 Å². The van der Waals surface area contributed by atoms with Crippen molar-refractivity contribution in [2.75, 3.05) is 0 Å². The summed E-state index contributed by atoms with van der Waals surface area (Å²) < 4.78 is 2.20. The summed E-state index contributed by atoms with van der Waals surface area (Å²) in [5.74, 6) is 1.13. The molecule has 270 valence electrons. The van der Waals surface area contributed by atoms with E-state index >= 15 is 0 Å². The summed E-state index contributed by atoms with van der Waals surface area (Å²) in [6.45, 7) is 12.6. The molecule has 8 rings (SSSR count). The van der Waals surface area contributed by atoms with Crippen LogP contribution < -0.4 is 0 Å². The summed E-state index contributed by atoms with van der Waals surface area (Å²) in [5, 5.41) is 11.5. The number of phenols is 1. The summed E-state index contributed by atoms with van der Waals surface area (Å²) in [4.78, 5) is 10.3. The minimum absolute atomic E-state index is 0. The molecule has 0 radical (unpaired) electrons. The van der Waals surface area contributed by atoms with Crippen molar-refractivity contribution in [1.82, 2.24) is 14.5 Å². The van der Waals surface area contributed by atoms with Gasteiger partial charge in [0.25, 0.3) is 0 Å². The topological polar surface area (TPSA) is 50.9 Å². The predicted octanol–water partition coefficient (Wildman–Crippen LogP) is 12.3. The Hall–Kier alpha value is -5.57. The summed E-state index contributed by atoms with van der Waals surface area (Å²) in [6.07, 6.45) is 1.96. The van der Waals surface area contributed by atoms with Gasteiger partial charge in [-0.2, -0.15) is 0 Å². The third kappa shape index (κ3) is 6.72. The van der Waals surface area contributed by atoms with Gasteiger partial charge in [0.05, 0.1) is 16.6 Å². The Labute approximate surface area is 332 Å². The second-order valence-electron chi connectivity index (χ2n) is 14.3. The third-order valence-electron chi connectivity index (χ3n) is 10.5. The number of para-hydroxylation sites is 1. The fourth-order valence-corrected chi connectivity index (χ4v) is 7.67. The summed E-state index contributed by atoms with van der Waals surface area (Å²) in [6, 6.07) is 48.4. The third-order valence-corrected chi connectivity index (χ3v) is 10.5. The number of pyridine rings is 1. The van der Waals surface area contributed by atoms with Gasteiger partial charge in [-0.25, -0.2) is 4.98 Å². The van der Waals surface area contributed by atoms with Crippen molar-refractivity contribution >= 4 is 11.0 Å². The second-order valence-corrected chi connectivity index (χ2v) is 14.3. The number of benzene rings is 6. The molecule has 2 heterocycles. The average Bonchev–Trinajstić information content (AvgIpc) is 3.57. The van der Waals surface area contributed by atoms with Crippen LogP contribution in [0.4, 0.5) is 0 Å². The number of fused-ring (bicyclic) bond motifs is 1. The molecular formula is C49H42N3OPt-. The Kier molecular flexibility index (Phi) is 10.2. The first-order valence-corrected chi connectivity index (χ1v) is 18.2. The largest absolute Gasteiger partial charge is 0.507 e. The number of aromatic nitrogens is 3. The standard InChI is InChI=1S/C49H42N3O.Pt/c1-30-23-33(4)48(53)44(24-30)49-51-47-40(21-14-22-46(47)52(49)39-20-13-19-38(26-39)35(6)36-15-9-7-10-16-36)42-27-43(32(3)25-31(42)2)45-28-41(34(5)29-50-45)37-17-11-8-12-18-37;/h7-26,28-29,35,53H,1-6H3;/q-1;. The number of imidazole rings is 1. The Morgan fingerprint density at radius 3 is 2.06 bits per heavy atom. The predicted molar refractivity (Wildman–Crippen MR) is 219 cm³/mol. The van der Waals surface area contributed by atoms with Crippen LogP contribution in [0.2, 0.25) is 0 Å². The summed E-state index contributed by atoms with van der Waals surface area (Å²) >= 11 is 0. The molecule has 0 fully saturated rings. The maximum absolute atomic E-state index is 11.5. The number of phenolic OH excluding ortho intramolecular Hbond substituents is 1.